The van der Waals surface area contributed by atoms with Crippen LogP contribution < -0.4 is 0 Å². The lowest BCUT2D eigenvalue weighted by atomic mass is 10.1. The van der Waals surface area contributed by atoms with Crippen molar-refractivity contribution in [1.82, 2.24) is 9.78 Å². The van der Waals surface area contributed by atoms with Gasteiger partial charge in [-0.15, -0.1) is 0 Å². The first-order valence-corrected chi connectivity index (χ1v) is 5.95. The molecule has 0 saturated carbocycles. The van der Waals surface area contributed by atoms with E-state index in [2.05, 4.69) is 49.4 Å². The summed E-state index contributed by atoms with van der Waals surface area (Å²) in [5.74, 6) is 0. The molecule has 3 nitrogen and oxygen atoms in total. The quantitative estimate of drug-likeness (QED) is 0.877. The van der Waals surface area contributed by atoms with Gasteiger partial charge in [-0.2, -0.15) is 5.10 Å². The molecular weight excluding hydrogens is 212 g/mol. The Bertz CT molecular complexity index is 471. The molecule has 1 heterocycles. The van der Waals surface area contributed by atoms with E-state index in [1.165, 1.54) is 5.56 Å². The van der Waals surface area contributed by atoms with Crippen LogP contribution in [0.4, 0.5) is 0 Å². The lowest BCUT2D eigenvalue weighted by Gasteiger charge is -2.03. The average molecular weight is 230 g/mol. The molecule has 0 radical (unpaired) electrons. The molecule has 2 rings (SSSR count). The van der Waals surface area contributed by atoms with Crippen molar-refractivity contribution in [1.29, 1.82) is 0 Å². The Labute approximate surface area is 102 Å². The fourth-order valence-electron chi connectivity index (χ4n) is 1.76. The number of hydrogen-bond acceptors (Lipinski definition) is 2. The lowest BCUT2D eigenvalue weighted by Crippen LogP contribution is -1.99. The van der Waals surface area contributed by atoms with Crippen LogP contribution in [0.25, 0.3) is 11.1 Å². The molecule has 1 N–H and O–H groups in total. The zero-order valence-electron chi connectivity index (χ0n) is 10.3. The summed E-state index contributed by atoms with van der Waals surface area (Å²) in [6.45, 7) is 4.42. The zero-order chi connectivity index (χ0) is 12.3. The maximum Gasteiger partial charge on any atom is 0.0568 e. The summed E-state index contributed by atoms with van der Waals surface area (Å²) in [7, 11) is 0. The van der Waals surface area contributed by atoms with Gasteiger partial charge in [0.05, 0.1) is 6.20 Å². The van der Waals surface area contributed by atoms with Crippen molar-refractivity contribution >= 4 is 0 Å². The standard InChI is InChI=1S/C14H18N2O/c1-11(2)16-10-14(9-15-16)13-5-3-12(4-6-13)7-8-17/h3-6,9-11,17H,7-8H2,1-2H3. The molecular formula is C14H18N2O. The number of hydrogen-bond donors (Lipinski definition) is 1. The van der Waals surface area contributed by atoms with Crippen LogP contribution in [-0.2, 0) is 6.42 Å². The maximum absolute atomic E-state index is 8.86. The van der Waals surface area contributed by atoms with E-state index in [4.69, 9.17) is 5.11 Å². The van der Waals surface area contributed by atoms with Crippen molar-refractivity contribution in [2.24, 2.45) is 0 Å². The second kappa shape index (κ2) is 5.15. The van der Waals surface area contributed by atoms with Crippen molar-refractivity contribution in [3.05, 3.63) is 42.2 Å². The van der Waals surface area contributed by atoms with E-state index in [1.54, 1.807) is 0 Å². The molecule has 0 fully saturated rings. The molecule has 0 aliphatic carbocycles. The monoisotopic (exact) mass is 230 g/mol. The fraction of sp³-hybridized carbons (Fsp3) is 0.357. The highest BCUT2D eigenvalue weighted by molar-refractivity contribution is 5.61. The van der Waals surface area contributed by atoms with Gasteiger partial charge in [0, 0.05) is 24.4 Å². The molecule has 0 amide bonds. The van der Waals surface area contributed by atoms with Gasteiger partial charge in [-0.3, -0.25) is 4.68 Å². The minimum absolute atomic E-state index is 0.199. The third kappa shape index (κ3) is 2.74. The van der Waals surface area contributed by atoms with E-state index in [0.717, 1.165) is 11.1 Å². The van der Waals surface area contributed by atoms with Crippen LogP contribution in [0.5, 0.6) is 0 Å². The first-order valence-electron chi connectivity index (χ1n) is 5.95. The predicted octanol–water partition coefficient (Wildman–Crippen LogP) is 2.67. The molecule has 2 aromatic rings. The first-order chi connectivity index (χ1) is 8.20. The highest BCUT2D eigenvalue weighted by atomic mass is 16.2. The number of rotatable bonds is 4. The number of benzene rings is 1. The van der Waals surface area contributed by atoms with Gasteiger partial charge in [-0.25, -0.2) is 0 Å². The van der Waals surface area contributed by atoms with E-state index < -0.39 is 0 Å². The van der Waals surface area contributed by atoms with E-state index in [9.17, 15) is 0 Å². The van der Waals surface area contributed by atoms with E-state index >= 15 is 0 Å². The Hall–Kier alpha value is -1.61. The van der Waals surface area contributed by atoms with E-state index in [0.29, 0.717) is 12.5 Å². The third-order valence-electron chi connectivity index (χ3n) is 2.82. The molecule has 3 heteroatoms. The highest BCUT2D eigenvalue weighted by Crippen LogP contribution is 2.20. The average Bonchev–Trinajstić information content (AvgIpc) is 2.80. The topological polar surface area (TPSA) is 38.0 Å². The molecule has 0 spiro atoms. The second-order valence-corrected chi connectivity index (χ2v) is 4.47. The summed E-state index contributed by atoms with van der Waals surface area (Å²) < 4.78 is 1.96. The molecule has 0 bridgehead atoms. The Balaban J connectivity index is 2.21. The van der Waals surface area contributed by atoms with Crippen molar-refractivity contribution in [3.63, 3.8) is 0 Å². The van der Waals surface area contributed by atoms with Crippen LogP contribution in [0, 0.1) is 0 Å². The Morgan fingerprint density at radius 2 is 1.88 bits per heavy atom. The number of nitrogens with zero attached hydrogens (tertiary/aromatic N) is 2. The normalized spacial score (nSPS) is 11.1. The molecule has 0 aliphatic rings. The third-order valence-corrected chi connectivity index (χ3v) is 2.82. The van der Waals surface area contributed by atoms with Crippen molar-refractivity contribution < 1.29 is 5.11 Å². The molecule has 0 atom stereocenters. The van der Waals surface area contributed by atoms with Gasteiger partial charge >= 0.3 is 0 Å². The molecule has 0 saturated heterocycles. The predicted molar refractivity (Wildman–Crippen MR) is 68.8 cm³/mol. The summed E-state index contributed by atoms with van der Waals surface area (Å²) in [6, 6.07) is 8.65. The van der Waals surface area contributed by atoms with Gasteiger partial charge in [0.15, 0.2) is 0 Å². The summed E-state index contributed by atoms with van der Waals surface area (Å²) in [6.07, 6.45) is 4.66. The largest absolute Gasteiger partial charge is 0.396 e. The smallest absolute Gasteiger partial charge is 0.0568 e. The highest BCUT2D eigenvalue weighted by Gasteiger charge is 2.03. The van der Waals surface area contributed by atoms with Gasteiger partial charge in [0.2, 0.25) is 0 Å². The minimum Gasteiger partial charge on any atom is -0.396 e. The summed E-state index contributed by atoms with van der Waals surface area (Å²) in [5, 5.41) is 13.2. The summed E-state index contributed by atoms with van der Waals surface area (Å²) >= 11 is 0. The summed E-state index contributed by atoms with van der Waals surface area (Å²) in [5.41, 5.74) is 3.46. The molecule has 90 valence electrons. The van der Waals surface area contributed by atoms with Gasteiger partial charge < -0.3 is 5.11 Å². The number of aromatic nitrogens is 2. The zero-order valence-corrected chi connectivity index (χ0v) is 10.3. The molecule has 17 heavy (non-hydrogen) atoms. The van der Waals surface area contributed by atoms with Crippen LogP contribution in [0.2, 0.25) is 0 Å². The first kappa shape index (κ1) is 11.9. The molecule has 1 aromatic carbocycles. The van der Waals surface area contributed by atoms with Crippen LogP contribution in [0.3, 0.4) is 0 Å². The van der Waals surface area contributed by atoms with Gasteiger partial charge in [0.1, 0.15) is 0 Å². The van der Waals surface area contributed by atoms with Gasteiger partial charge in [0.25, 0.3) is 0 Å². The number of aliphatic hydroxyl groups is 1. The lowest BCUT2D eigenvalue weighted by molar-refractivity contribution is 0.299. The van der Waals surface area contributed by atoms with Crippen LogP contribution in [-0.4, -0.2) is 21.5 Å². The number of aliphatic hydroxyl groups excluding tert-OH is 1. The van der Waals surface area contributed by atoms with E-state index in [-0.39, 0.29) is 6.61 Å². The Morgan fingerprint density at radius 1 is 1.18 bits per heavy atom. The minimum atomic E-state index is 0.199. The maximum atomic E-state index is 8.86. The second-order valence-electron chi connectivity index (χ2n) is 4.47. The van der Waals surface area contributed by atoms with Crippen molar-refractivity contribution in [2.45, 2.75) is 26.3 Å². The van der Waals surface area contributed by atoms with Crippen LogP contribution in [0.1, 0.15) is 25.5 Å². The van der Waals surface area contributed by atoms with Crippen LogP contribution in [0.15, 0.2) is 36.7 Å². The van der Waals surface area contributed by atoms with Crippen LogP contribution >= 0.6 is 0 Å². The van der Waals surface area contributed by atoms with E-state index in [1.807, 2.05) is 10.9 Å². The molecule has 0 aliphatic heterocycles. The summed E-state index contributed by atoms with van der Waals surface area (Å²) in [4.78, 5) is 0. The Morgan fingerprint density at radius 3 is 2.41 bits per heavy atom. The van der Waals surface area contributed by atoms with Crippen molar-refractivity contribution in [2.75, 3.05) is 6.61 Å². The molecule has 0 unspecified atom stereocenters. The SMILES string of the molecule is CC(C)n1cc(-c2ccc(CCO)cc2)cn1. The molecule has 1 aromatic heterocycles. The van der Waals surface area contributed by atoms with Gasteiger partial charge in [-0.1, -0.05) is 24.3 Å². The fourth-order valence-corrected chi connectivity index (χ4v) is 1.76. The Kier molecular flexibility index (Phi) is 3.59. The van der Waals surface area contributed by atoms with Crippen molar-refractivity contribution in [3.8, 4) is 11.1 Å². The van der Waals surface area contributed by atoms with Gasteiger partial charge in [-0.05, 0) is 31.4 Å².